The molecule has 1 aromatic carbocycles. The third-order valence-corrected chi connectivity index (χ3v) is 5.99. The van der Waals surface area contributed by atoms with Crippen LogP contribution in [-0.2, 0) is 14.2 Å². The fraction of sp³-hybridized carbons (Fsp3) is 0.708. The first kappa shape index (κ1) is 26.4. The van der Waals surface area contributed by atoms with Crippen molar-refractivity contribution in [2.24, 2.45) is 4.99 Å². The average Bonchev–Trinajstić information content (AvgIpc) is 2.81. The zero-order chi connectivity index (χ0) is 21.0. The van der Waals surface area contributed by atoms with Crippen molar-refractivity contribution >= 4 is 29.9 Å². The Bertz CT molecular complexity index is 618. The molecule has 1 aromatic rings. The number of piperidine rings is 1. The van der Waals surface area contributed by atoms with Crippen molar-refractivity contribution in [2.45, 2.75) is 63.8 Å². The van der Waals surface area contributed by atoms with E-state index in [0.29, 0.717) is 12.2 Å². The summed E-state index contributed by atoms with van der Waals surface area (Å²) in [6, 6.07) is 10.4. The van der Waals surface area contributed by atoms with Crippen molar-refractivity contribution in [3.8, 4) is 0 Å². The van der Waals surface area contributed by atoms with Gasteiger partial charge in [0.15, 0.2) is 5.96 Å². The van der Waals surface area contributed by atoms with Crippen LogP contribution in [0.2, 0.25) is 0 Å². The lowest BCUT2D eigenvalue weighted by molar-refractivity contribution is -0.0721. The van der Waals surface area contributed by atoms with E-state index in [4.69, 9.17) is 14.2 Å². The molecule has 3 rings (SSSR count). The van der Waals surface area contributed by atoms with E-state index in [-0.39, 0.29) is 30.1 Å². The maximum atomic E-state index is 6.13. The SMILES string of the molecule is CN=C(NCCCOC(C)c1ccccc1)N1CCC(OCC2CCCCO2)CC1.I. The number of hydrogen-bond acceptors (Lipinski definition) is 4. The number of nitrogens with zero attached hydrogens (tertiary/aromatic N) is 2. The first-order chi connectivity index (χ1) is 14.8. The highest BCUT2D eigenvalue weighted by molar-refractivity contribution is 14.0. The second-order valence-corrected chi connectivity index (χ2v) is 8.26. The van der Waals surface area contributed by atoms with E-state index < -0.39 is 0 Å². The molecule has 2 aliphatic heterocycles. The van der Waals surface area contributed by atoms with Crippen LogP contribution in [-0.4, -0.2) is 69.6 Å². The summed E-state index contributed by atoms with van der Waals surface area (Å²) in [6.45, 7) is 7.32. The summed E-state index contributed by atoms with van der Waals surface area (Å²) in [5.41, 5.74) is 1.22. The lowest BCUT2D eigenvalue weighted by Gasteiger charge is -2.35. The van der Waals surface area contributed by atoms with Gasteiger partial charge in [-0.1, -0.05) is 30.3 Å². The van der Waals surface area contributed by atoms with Gasteiger partial charge in [-0.25, -0.2) is 0 Å². The number of benzene rings is 1. The van der Waals surface area contributed by atoms with Crippen molar-refractivity contribution in [3.63, 3.8) is 0 Å². The molecule has 2 unspecified atom stereocenters. The molecule has 0 saturated carbocycles. The van der Waals surface area contributed by atoms with Crippen molar-refractivity contribution < 1.29 is 14.2 Å². The molecule has 7 heteroatoms. The Morgan fingerprint density at radius 2 is 1.97 bits per heavy atom. The summed E-state index contributed by atoms with van der Waals surface area (Å²) in [5.74, 6) is 0.986. The van der Waals surface area contributed by atoms with Crippen LogP contribution < -0.4 is 5.32 Å². The van der Waals surface area contributed by atoms with Gasteiger partial charge in [0.2, 0.25) is 0 Å². The molecule has 2 atom stereocenters. The number of halogens is 1. The molecule has 2 heterocycles. The summed E-state index contributed by atoms with van der Waals surface area (Å²) in [4.78, 5) is 6.80. The van der Waals surface area contributed by atoms with Gasteiger partial charge in [-0.15, -0.1) is 24.0 Å². The van der Waals surface area contributed by atoms with E-state index in [0.717, 1.165) is 71.1 Å². The Morgan fingerprint density at radius 1 is 1.19 bits per heavy atom. The number of likely N-dealkylation sites (tertiary alicyclic amines) is 1. The van der Waals surface area contributed by atoms with Crippen LogP contribution in [0.1, 0.15) is 57.1 Å². The van der Waals surface area contributed by atoms with E-state index in [2.05, 4.69) is 46.4 Å². The molecule has 0 radical (unpaired) electrons. The normalized spacial score (nSPS) is 21.4. The summed E-state index contributed by atoms with van der Waals surface area (Å²) in [5, 5.41) is 3.49. The number of guanidine groups is 1. The van der Waals surface area contributed by atoms with Crippen LogP contribution >= 0.6 is 24.0 Å². The Morgan fingerprint density at radius 3 is 2.65 bits per heavy atom. The van der Waals surface area contributed by atoms with E-state index in [1.807, 2.05) is 13.1 Å². The Hall–Kier alpha value is -0.900. The maximum Gasteiger partial charge on any atom is 0.193 e. The molecular weight excluding hydrogens is 505 g/mol. The predicted octanol–water partition coefficient (Wildman–Crippen LogP) is 4.40. The topological polar surface area (TPSA) is 55.3 Å². The molecule has 2 saturated heterocycles. The number of hydrogen-bond donors (Lipinski definition) is 1. The molecule has 0 spiro atoms. The zero-order valence-electron chi connectivity index (χ0n) is 19.1. The van der Waals surface area contributed by atoms with E-state index in [1.54, 1.807) is 0 Å². The van der Waals surface area contributed by atoms with Gasteiger partial charge in [0.05, 0.1) is 24.9 Å². The van der Waals surface area contributed by atoms with Crippen LogP contribution in [0.3, 0.4) is 0 Å². The van der Waals surface area contributed by atoms with Crippen LogP contribution in [0.5, 0.6) is 0 Å². The van der Waals surface area contributed by atoms with E-state index >= 15 is 0 Å². The molecule has 2 fully saturated rings. The van der Waals surface area contributed by atoms with Crippen LogP contribution in [0, 0.1) is 0 Å². The summed E-state index contributed by atoms with van der Waals surface area (Å²) >= 11 is 0. The number of aliphatic imine (C=N–C) groups is 1. The summed E-state index contributed by atoms with van der Waals surface area (Å²) in [6.07, 6.45) is 7.43. The molecule has 31 heavy (non-hydrogen) atoms. The van der Waals surface area contributed by atoms with Crippen molar-refractivity contribution in [1.29, 1.82) is 0 Å². The molecule has 2 aliphatic rings. The molecule has 176 valence electrons. The van der Waals surface area contributed by atoms with Crippen molar-refractivity contribution in [2.75, 3.05) is 46.5 Å². The largest absolute Gasteiger partial charge is 0.376 e. The first-order valence-electron chi connectivity index (χ1n) is 11.6. The van der Waals surface area contributed by atoms with Gasteiger partial charge >= 0.3 is 0 Å². The lowest BCUT2D eigenvalue weighted by atomic mass is 10.1. The van der Waals surface area contributed by atoms with Gasteiger partial charge in [0, 0.05) is 39.9 Å². The predicted molar refractivity (Wildman–Crippen MR) is 136 cm³/mol. The van der Waals surface area contributed by atoms with Crippen LogP contribution in [0.15, 0.2) is 35.3 Å². The number of nitrogens with one attached hydrogen (secondary N) is 1. The van der Waals surface area contributed by atoms with Gasteiger partial charge in [-0.2, -0.15) is 0 Å². The van der Waals surface area contributed by atoms with E-state index in [9.17, 15) is 0 Å². The van der Waals surface area contributed by atoms with Gasteiger partial charge in [-0.3, -0.25) is 4.99 Å². The molecule has 0 bridgehead atoms. The number of ether oxygens (including phenoxy) is 3. The fourth-order valence-electron chi connectivity index (χ4n) is 4.10. The van der Waals surface area contributed by atoms with Gasteiger partial charge in [-0.05, 0) is 51.0 Å². The van der Waals surface area contributed by atoms with Gasteiger partial charge < -0.3 is 24.4 Å². The smallest absolute Gasteiger partial charge is 0.193 e. The average molecular weight is 546 g/mol. The Kier molecular flexibility index (Phi) is 12.8. The molecule has 0 aromatic heterocycles. The minimum Gasteiger partial charge on any atom is -0.376 e. The number of rotatable bonds is 9. The second-order valence-electron chi connectivity index (χ2n) is 8.26. The fourth-order valence-corrected chi connectivity index (χ4v) is 4.10. The minimum absolute atomic E-state index is 0. The summed E-state index contributed by atoms with van der Waals surface area (Å²) in [7, 11) is 1.86. The standard InChI is InChI=1S/C24H39N3O3.HI/c1-20(21-9-4-3-5-10-21)28-18-8-14-26-24(25-2)27-15-12-22(13-16-27)30-19-23-11-6-7-17-29-23;/h3-5,9-10,20,22-23H,6-8,11-19H2,1-2H3,(H,25,26);1H. The molecule has 0 aliphatic carbocycles. The van der Waals surface area contributed by atoms with Gasteiger partial charge in [0.1, 0.15) is 0 Å². The molecular formula is C24H40IN3O3. The highest BCUT2D eigenvalue weighted by atomic mass is 127. The van der Waals surface area contributed by atoms with Crippen LogP contribution in [0.4, 0.5) is 0 Å². The van der Waals surface area contributed by atoms with Crippen molar-refractivity contribution in [3.05, 3.63) is 35.9 Å². The highest BCUT2D eigenvalue weighted by Crippen LogP contribution is 2.18. The third-order valence-electron chi connectivity index (χ3n) is 5.99. The highest BCUT2D eigenvalue weighted by Gasteiger charge is 2.23. The first-order valence-corrected chi connectivity index (χ1v) is 11.6. The molecule has 0 amide bonds. The maximum absolute atomic E-state index is 6.13. The Labute approximate surface area is 205 Å². The van der Waals surface area contributed by atoms with Crippen molar-refractivity contribution in [1.82, 2.24) is 10.2 Å². The monoisotopic (exact) mass is 545 g/mol. The molecule has 1 N–H and O–H groups in total. The van der Waals surface area contributed by atoms with E-state index in [1.165, 1.54) is 18.4 Å². The second kappa shape index (κ2) is 15.0. The molecule has 6 nitrogen and oxygen atoms in total. The summed E-state index contributed by atoms with van der Waals surface area (Å²) < 4.78 is 17.9. The quantitative estimate of drug-likeness (QED) is 0.216. The van der Waals surface area contributed by atoms with Gasteiger partial charge in [0.25, 0.3) is 0 Å². The lowest BCUT2D eigenvalue weighted by Crippen LogP contribution is -2.47. The van der Waals surface area contributed by atoms with Crippen LogP contribution in [0.25, 0.3) is 0 Å². The zero-order valence-corrected chi connectivity index (χ0v) is 21.5. The minimum atomic E-state index is 0. The Balaban J connectivity index is 0.00000341. The third kappa shape index (κ3) is 9.24.